The quantitative estimate of drug-likeness (QED) is 0.842. The van der Waals surface area contributed by atoms with Crippen LogP contribution in [0.1, 0.15) is 23.1 Å². The van der Waals surface area contributed by atoms with Crippen molar-refractivity contribution in [2.45, 2.75) is 19.9 Å². The Hall–Kier alpha value is -2.21. The van der Waals surface area contributed by atoms with Gasteiger partial charge in [0.1, 0.15) is 11.6 Å². The molecule has 6 heteroatoms. The Kier molecular flexibility index (Phi) is 5.25. The van der Waals surface area contributed by atoms with Gasteiger partial charge in [-0.2, -0.15) is 0 Å². The molecule has 5 nitrogen and oxygen atoms in total. The normalized spacial score (nSPS) is 15.7. The third-order valence-electron chi connectivity index (χ3n) is 4.54. The Bertz CT molecular complexity index is 692. The molecule has 0 saturated carbocycles. The fourth-order valence-electron chi connectivity index (χ4n) is 3.09. The molecule has 1 aliphatic rings. The molecule has 1 fully saturated rings. The number of rotatable bonds is 5. The Balaban J connectivity index is 1.51. The SMILES string of the molecule is CCc1nccn1CCN1CCN(C(=O)c2ccccc2F)CC1. The standard InChI is InChI=1S/C18H23FN4O/c1-2-17-20-7-8-22(17)12-9-21-10-13-23(14-11-21)18(24)15-5-3-4-6-16(15)19/h3-8H,2,9-14H2,1H3. The summed E-state index contributed by atoms with van der Waals surface area (Å²) in [6.45, 7) is 6.85. The first-order valence-corrected chi connectivity index (χ1v) is 8.45. The van der Waals surface area contributed by atoms with E-state index >= 15 is 0 Å². The smallest absolute Gasteiger partial charge is 0.256 e. The molecule has 2 heterocycles. The molecule has 1 amide bonds. The van der Waals surface area contributed by atoms with Gasteiger partial charge in [0.05, 0.1) is 5.56 Å². The monoisotopic (exact) mass is 330 g/mol. The summed E-state index contributed by atoms with van der Waals surface area (Å²) in [6, 6.07) is 6.18. The van der Waals surface area contributed by atoms with Crippen molar-refractivity contribution in [3.8, 4) is 0 Å². The van der Waals surface area contributed by atoms with Crippen molar-refractivity contribution in [3.63, 3.8) is 0 Å². The largest absolute Gasteiger partial charge is 0.336 e. The molecule has 2 aromatic rings. The zero-order valence-corrected chi connectivity index (χ0v) is 14.0. The first-order chi connectivity index (χ1) is 11.7. The lowest BCUT2D eigenvalue weighted by atomic mass is 10.1. The molecule has 0 radical (unpaired) electrons. The molecule has 1 aliphatic heterocycles. The number of halogens is 1. The highest BCUT2D eigenvalue weighted by Crippen LogP contribution is 2.12. The van der Waals surface area contributed by atoms with Crippen LogP contribution in [0.15, 0.2) is 36.7 Å². The molecule has 1 aromatic heterocycles. The van der Waals surface area contributed by atoms with Gasteiger partial charge in [0.15, 0.2) is 0 Å². The van der Waals surface area contributed by atoms with Crippen LogP contribution < -0.4 is 0 Å². The van der Waals surface area contributed by atoms with Gasteiger partial charge in [0.2, 0.25) is 0 Å². The number of nitrogens with zero attached hydrogens (tertiary/aromatic N) is 4. The van der Waals surface area contributed by atoms with Crippen LogP contribution in [0.3, 0.4) is 0 Å². The highest BCUT2D eigenvalue weighted by molar-refractivity contribution is 5.94. The molecule has 128 valence electrons. The molecule has 0 aliphatic carbocycles. The van der Waals surface area contributed by atoms with Crippen molar-refractivity contribution in [2.75, 3.05) is 32.7 Å². The van der Waals surface area contributed by atoms with Gasteiger partial charge in [-0.15, -0.1) is 0 Å². The topological polar surface area (TPSA) is 41.4 Å². The molecule has 0 bridgehead atoms. The predicted molar refractivity (Wildman–Crippen MR) is 90.3 cm³/mol. The Morgan fingerprint density at radius 3 is 2.62 bits per heavy atom. The van der Waals surface area contributed by atoms with Crippen LogP contribution >= 0.6 is 0 Å². The summed E-state index contributed by atoms with van der Waals surface area (Å²) in [6.07, 6.45) is 4.78. The highest BCUT2D eigenvalue weighted by Gasteiger charge is 2.23. The Labute approximate surface area is 141 Å². The van der Waals surface area contributed by atoms with Crippen molar-refractivity contribution in [3.05, 3.63) is 53.9 Å². The lowest BCUT2D eigenvalue weighted by Crippen LogP contribution is -2.49. The third kappa shape index (κ3) is 3.64. The van der Waals surface area contributed by atoms with Crippen molar-refractivity contribution in [1.82, 2.24) is 19.4 Å². The fourth-order valence-corrected chi connectivity index (χ4v) is 3.09. The van der Waals surface area contributed by atoms with E-state index in [-0.39, 0.29) is 11.5 Å². The van der Waals surface area contributed by atoms with E-state index in [4.69, 9.17) is 0 Å². The average molecular weight is 330 g/mol. The van der Waals surface area contributed by atoms with E-state index in [2.05, 4.69) is 21.4 Å². The summed E-state index contributed by atoms with van der Waals surface area (Å²) in [7, 11) is 0. The van der Waals surface area contributed by atoms with Crippen LogP contribution in [-0.2, 0) is 13.0 Å². The van der Waals surface area contributed by atoms with Crippen LogP contribution in [0.4, 0.5) is 4.39 Å². The van der Waals surface area contributed by atoms with Crippen LogP contribution in [0.5, 0.6) is 0 Å². The number of benzene rings is 1. The maximum atomic E-state index is 13.8. The van der Waals surface area contributed by atoms with Gasteiger partial charge in [0.25, 0.3) is 5.91 Å². The minimum atomic E-state index is -0.447. The summed E-state index contributed by atoms with van der Waals surface area (Å²) < 4.78 is 15.9. The number of carbonyl (C=O) groups is 1. The number of piperazine rings is 1. The van der Waals surface area contributed by atoms with E-state index in [0.717, 1.165) is 38.4 Å². The molecular formula is C18H23FN4O. The van der Waals surface area contributed by atoms with Gasteiger partial charge in [-0.1, -0.05) is 19.1 Å². The summed E-state index contributed by atoms with van der Waals surface area (Å²) >= 11 is 0. The van der Waals surface area contributed by atoms with E-state index < -0.39 is 5.82 Å². The van der Waals surface area contributed by atoms with E-state index in [1.807, 2.05) is 12.4 Å². The van der Waals surface area contributed by atoms with Gasteiger partial charge < -0.3 is 9.47 Å². The lowest BCUT2D eigenvalue weighted by Gasteiger charge is -2.35. The van der Waals surface area contributed by atoms with Crippen LogP contribution in [0.25, 0.3) is 0 Å². The summed E-state index contributed by atoms with van der Waals surface area (Å²) in [5.41, 5.74) is 0.164. The van der Waals surface area contributed by atoms with Crippen LogP contribution in [-0.4, -0.2) is 58.0 Å². The number of imidazole rings is 1. The Morgan fingerprint density at radius 1 is 1.17 bits per heavy atom. The average Bonchev–Trinajstić information content (AvgIpc) is 3.08. The maximum absolute atomic E-state index is 13.8. The molecule has 0 spiro atoms. The summed E-state index contributed by atoms with van der Waals surface area (Å²) in [4.78, 5) is 20.8. The van der Waals surface area contributed by atoms with E-state index in [9.17, 15) is 9.18 Å². The van der Waals surface area contributed by atoms with Gasteiger partial charge >= 0.3 is 0 Å². The number of aryl methyl sites for hydroxylation is 1. The fraction of sp³-hybridized carbons (Fsp3) is 0.444. The first kappa shape index (κ1) is 16.6. The molecule has 1 saturated heterocycles. The molecule has 24 heavy (non-hydrogen) atoms. The second-order valence-electron chi connectivity index (χ2n) is 6.00. The van der Waals surface area contributed by atoms with Gasteiger partial charge in [-0.3, -0.25) is 9.69 Å². The second kappa shape index (κ2) is 7.57. The number of amides is 1. The van der Waals surface area contributed by atoms with E-state index in [1.54, 1.807) is 23.1 Å². The third-order valence-corrected chi connectivity index (χ3v) is 4.54. The number of carbonyl (C=O) groups excluding carboxylic acids is 1. The predicted octanol–water partition coefficient (Wildman–Crippen LogP) is 2.04. The van der Waals surface area contributed by atoms with Gasteiger partial charge in [-0.25, -0.2) is 9.37 Å². The van der Waals surface area contributed by atoms with Crippen LogP contribution in [0, 0.1) is 5.82 Å². The number of hydrogen-bond donors (Lipinski definition) is 0. The minimum absolute atomic E-state index is 0.164. The zero-order chi connectivity index (χ0) is 16.9. The van der Waals surface area contributed by atoms with Crippen molar-refractivity contribution in [1.29, 1.82) is 0 Å². The molecule has 0 atom stereocenters. The first-order valence-electron chi connectivity index (χ1n) is 8.45. The maximum Gasteiger partial charge on any atom is 0.256 e. The molecule has 3 rings (SSSR count). The highest BCUT2D eigenvalue weighted by atomic mass is 19.1. The number of hydrogen-bond acceptors (Lipinski definition) is 3. The van der Waals surface area contributed by atoms with E-state index in [1.165, 1.54) is 6.07 Å². The molecule has 1 aromatic carbocycles. The van der Waals surface area contributed by atoms with Crippen molar-refractivity contribution in [2.24, 2.45) is 0 Å². The van der Waals surface area contributed by atoms with Crippen molar-refractivity contribution < 1.29 is 9.18 Å². The lowest BCUT2D eigenvalue weighted by molar-refractivity contribution is 0.0628. The zero-order valence-electron chi connectivity index (χ0n) is 14.0. The van der Waals surface area contributed by atoms with Crippen LogP contribution in [0.2, 0.25) is 0 Å². The molecular weight excluding hydrogens is 307 g/mol. The van der Waals surface area contributed by atoms with Gasteiger partial charge in [0, 0.05) is 58.1 Å². The second-order valence-corrected chi connectivity index (χ2v) is 6.00. The van der Waals surface area contributed by atoms with Crippen molar-refractivity contribution >= 4 is 5.91 Å². The van der Waals surface area contributed by atoms with Gasteiger partial charge in [-0.05, 0) is 12.1 Å². The Morgan fingerprint density at radius 2 is 1.92 bits per heavy atom. The van der Waals surface area contributed by atoms with E-state index in [0.29, 0.717) is 13.1 Å². The summed E-state index contributed by atoms with van der Waals surface area (Å²) in [5, 5.41) is 0. The molecule has 0 N–H and O–H groups in total. The number of aromatic nitrogens is 2. The summed E-state index contributed by atoms with van der Waals surface area (Å²) in [5.74, 6) is 0.441. The molecule has 0 unspecified atom stereocenters. The minimum Gasteiger partial charge on any atom is -0.336 e.